The molecule has 7 atom stereocenters. The molecule has 7 nitrogen and oxygen atoms in total. The van der Waals surface area contributed by atoms with Crippen LogP contribution < -0.4 is 14.8 Å². The van der Waals surface area contributed by atoms with E-state index in [-0.39, 0.29) is 47.8 Å². The molecule has 8 rings (SSSR count). The number of amides is 3. The van der Waals surface area contributed by atoms with Crippen molar-refractivity contribution in [3.63, 3.8) is 0 Å². The topological polar surface area (TPSA) is 84.9 Å². The summed E-state index contributed by atoms with van der Waals surface area (Å²) < 4.78 is 11.3. The molecule has 3 aromatic rings. The SMILES string of the molecule is COc1ccccc1Oc1ccc(NC(=O)[C@H](Cc2ccccc2)N2C(=O)[C@@H]3[C@@H]4C=C[C@H]([C@H]5C[C@@H]45)[C@@H]3C2=O)cc1. The molecule has 3 amide bonds. The van der Waals surface area contributed by atoms with Gasteiger partial charge < -0.3 is 14.8 Å². The first kappa shape index (κ1) is 24.6. The van der Waals surface area contributed by atoms with Gasteiger partial charge in [0.15, 0.2) is 11.5 Å². The highest BCUT2D eigenvalue weighted by Gasteiger charge is 2.67. The molecule has 3 aromatic carbocycles. The van der Waals surface area contributed by atoms with Crippen LogP contribution in [0.2, 0.25) is 0 Å². The Morgan fingerprint density at radius 1 is 0.850 bits per heavy atom. The number of benzene rings is 3. The third kappa shape index (κ3) is 4.08. The molecule has 0 aromatic heterocycles. The summed E-state index contributed by atoms with van der Waals surface area (Å²) >= 11 is 0. The van der Waals surface area contributed by atoms with E-state index in [4.69, 9.17) is 9.47 Å². The van der Waals surface area contributed by atoms with Crippen LogP contribution in [0.4, 0.5) is 5.69 Å². The van der Waals surface area contributed by atoms with Gasteiger partial charge in [-0.05, 0) is 72.1 Å². The van der Waals surface area contributed by atoms with E-state index in [9.17, 15) is 14.4 Å². The molecule has 1 heterocycles. The van der Waals surface area contributed by atoms with E-state index in [0.717, 1.165) is 12.0 Å². The van der Waals surface area contributed by atoms with Gasteiger partial charge in [-0.3, -0.25) is 19.3 Å². The lowest BCUT2D eigenvalue weighted by molar-refractivity contribution is -0.146. The second-order valence-electron chi connectivity index (χ2n) is 11.2. The fraction of sp³-hybridized carbons (Fsp3) is 0.303. The van der Waals surface area contributed by atoms with Crippen LogP contribution in [-0.2, 0) is 20.8 Å². The summed E-state index contributed by atoms with van der Waals surface area (Å²) in [6, 6.07) is 23.0. The smallest absolute Gasteiger partial charge is 0.248 e. The molecular weight excluding hydrogens is 504 g/mol. The van der Waals surface area contributed by atoms with Gasteiger partial charge in [-0.25, -0.2) is 0 Å². The molecule has 3 fully saturated rings. The number of anilines is 1. The summed E-state index contributed by atoms with van der Waals surface area (Å²) in [6.45, 7) is 0. The number of hydrogen-bond donors (Lipinski definition) is 1. The van der Waals surface area contributed by atoms with Crippen molar-refractivity contribution in [3.05, 3.63) is 96.6 Å². The molecular formula is C33H30N2O5. The average Bonchev–Trinajstić information content (AvgIpc) is 3.77. The molecule has 1 N–H and O–H groups in total. The number of likely N-dealkylation sites (tertiary alicyclic amines) is 1. The summed E-state index contributed by atoms with van der Waals surface area (Å²) in [6.07, 6.45) is 5.65. The predicted molar refractivity (Wildman–Crippen MR) is 149 cm³/mol. The van der Waals surface area contributed by atoms with Crippen molar-refractivity contribution in [1.82, 2.24) is 4.90 Å². The van der Waals surface area contributed by atoms with Gasteiger partial charge in [0.2, 0.25) is 17.7 Å². The van der Waals surface area contributed by atoms with Crippen molar-refractivity contribution in [2.24, 2.45) is 35.5 Å². The van der Waals surface area contributed by atoms with Crippen molar-refractivity contribution in [1.29, 1.82) is 0 Å². The second kappa shape index (κ2) is 9.66. The maximum atomic E-state index is 13.8. The molecule has 0 spiro atoms. The van der Waals surface area contributed by atoms with Crippen LogP contribution in [0.5, 0.6) is 17.2 Å². The van der Waals surface area contributed by atoms with Crippen LogP contribution in [0, 0.1) is 35.5 Å². The predicted octanol–water partition coefficient (Wildman–Crippen LogP) is 5.09. The average molecular weight is 535 g/mol. The number of para-hydroxylation sites is 2. The van der Waals surface area contributed by atoms with E-state index < -0.39 is 6.04 Å². The van der Waals surface area contributed by atoms with Gasteiger partial charge in [-0.2, -0.15) is 0 Å². The summed E-state index contributed by atoms with van der Waals surface area (Å²) in [4.78, 5) is 42.7. The first-order valence-corrected chi connectivity index (χ1v) is 13.8. The summed E-state index contributed by atoms with van der Waals surface area (Å²) in [5.41, 5.74) is 1.44. The Kier molecular flexibility index (Phi) is 5.95. The van der Waals surface area contributed by atoms with Crippen molar-refractivity contribution in [2.45, 2.75) is 18.9 Å². The Bertz CT molecular complexity index is 1460. The highest BCUT2D eigenvalue weighted by molar-refractivity contribution is 6.10. The maximum absolute atomic E-state index is 13.8. The Labute approximate surface area is 232 Å². The van der Waals surface area contributed by atoms with Crippen molar-refractivity contribution >= 4 is 23.4 Å². The van der Waals surface area contributed by atoms with Crippen molar-refractivity contribution < 1.29 is 23.9 Å². The first-order valence-electron chi connectivity index (χ1n) is 13.8. The van der Waals surface area contributed by atoms with E-state index in [1.807, 2.05) is 54.6 Å². The standard InChI is InChI=1S/C33H30N2O5/c1-39-27-9-5-6-10-28(27)40-21-13-11-20(12-14-21)34-31(36)26(17-19-7-3-2-4-8-19)35-32(37)29-22-15-16-23(25-18-24(22)25)30(29)33(35)38/h2-16,22-26,29-30H,17-18H2,1H3,(H,34,36)/t22-,23-,24-,25+,26+,29+,30-/m1/s1. The number of hydrogen-bond acceptors (Lipinski definition) is 5. The monoisotopic (exact) mass is 534 g/mol. The Morgan fingerprint density at radius 3 is 2.08 bits per heavy atom. The highest BCUT2D eigenvalue weighted by atomic mass is 16.5. The molecule has 1 saturated heterocycles. The lowest BCUT2D eigenvalue weighted by atomic mass is 9.63. The highest BCUT2D eigenvalue weighted by Crippen LogP contribution is 2.65. The molecule has 1 aliphatic heterocycles. The van der Waals surface area contributed by atoms with Gasteiger partial charge in [0.1, 0.15) is 11.8 Å². The Balaban J connectivity index is 1.13. The van der Waals surface area contributed by atoms with Crippen LogP contribution in [0.1, 0.15) is 12.0 Å². The Hall–Kier alpha value is -4.39. The normalized spacial score (nSPS) is 28.1. The van der Waals surface area contributed by atoms with Gasteiger partial charge in [-0.15, -0.1) is 0 Å². The summed E-state index contributed by atoms with van der Waals surface area (Å²) in [5, 5.41) is 2.95. The quantitative estimate of drug-likeness (QED) is 0.322. The van der Waals surface area contributed by atoms with Crippen LogP contribution in [0.15, 0.2) is 91.0 Å². The molecule has 4 aliphatic carbocycles. The van der Waals surface area contributed by atoms with E-state index in [1.54, 1.807) is 31.4 Å². The molecule has 40 heavy (non-hydrogen) atoms. The first-order chi connectivity index (χ1) is 19.5. The third-order valence-corrected chi connectivity index (χ3v) is 9.00. The third-order valence-electron chi connectivity index (χ3n) is 9.00. The second-order valence-corrected chi connectivity index (χ2v) is 11.2. The van der Waals surface area contributed by atoms with E-state index in [2.05, 4.69) is 17.5 Å². The van der Waals surface area contributed by atoms with Crippen LogP contribution >= 0.6 is 0 Å². The number of carbonyl (C=O) groups is 3. The number of nitrogens with one attached hydrogen (secondary N) is 1. The maximum Gasteiger partial charge on any atom is 0.248 e. The van der Waals surface area contributed by atoms with E-state index >= 15 is 0 Å². The molecule has 202 valence electrons. The van der Waals surface area contributed by atoms with Crippen LogP contribution in [0.25, 0.3) is 0 Å². The molecule has 0 radical (unpaired) electrons. The van der Waals surface area contributed by atoms with Gasteiger partial charge in [0, 0.05) is 12.1 Å². The largest absolute Gasteiger partial charge is 0.493 e. The fourth-order valence-electron chi connectivity index (χ4n) is 7.09. The number of nitrogens with zero attached hydrogens (tertiary/aromatic N) is 1. The molecule has 2 saturated carbocycles. The zero-order chi connectivity index (χ0) is 27.4. The van der Waals surface area contributed by atoms with Crippen LogP contribution in [0.3, 0.4) is 0 Å². The summed E-state index contributed by atoms with van der Waals surface area (Å²) in [7, 11) is 1.58. The van der Waals surface area contributed by atoms with Crippen molar-refractivity contribution in [2.75, 3.05) is 12.4 Å². The number of carbonyl (C=O) groups excluding carboxylic acids is 3. The van der Waals surface area contributed by atoms with Gasteiger partial charge >= 0.3 is 0 Å². The zero-order valence-corrected chi connectivity index (χ0v) is 22.1. The van der Waals surface area contributed by atoms with Gasteiger partial charge in [0.05, 0.1) is 18.9 Å². The number of imide groups is 1. The molecule has 2 bridgehead atoms. The van der Waals surface area contributed by atoms with Gasteiger partial charge in [-0.1, -0.05) is 54.6 Å². The minimum absolute atomic E-state index is 0.109. The lowest BCUT2D eigenvalue weighted by Gasteiger charge is -2.37. The minimum atomic E-state index is -0.937. The number of rotatable bonds is 8. The lowest BCUT2D eigenvalue weighted by Crippen LogP contribution is -2.49. The fourth-order valence-corrected chi connectivity index (χ4v) is 7.09. The van der Waals surface area contributed by atoms with Crippen molar-refractivity contribution in [3.8, 4) is 17.2 Å². The number of ether oxygens (including phenoxy) is 2. The Morgan fingerprint density at radius 2 is 1.45 bits per heavy atom. The number of methoxy groups -OCH3 is 1. The zero-order valence-electron chi connectivity index (χ0n) is 22.1. The van der Waals surface area contributed by atoms with Gasteiger partial charge in [0.25, 0.3) is 0 Å². The molecule has 5 aliphatic rings. The molecule has 0 unspecified atom stereocenters. The van der Waals surface area contributed by atoms with Crippen LogP contribution in [-0.4, -0.2) is 35.8 Å². The van der Waals surface area contributed by atoms with E-state index in [1.165, 1.54) is 4.90 Å². The minimum Gasteiger partial charge on any atom is -0.493 e. The van der Waals surface area contributed by atoms with E-state index in [0.29, 0.717) is 34.8 Å². The molecule has 7 heteroatoms. The number of allylic oxidation sites excluding steroid dienone is 2. The summed E-state index contributed by atoms with van der Waals surface area (Å²) in [5.74, 6) is 1.54.